The Balaban J connectivity index is 1.98. The van der Waals surface area contributed by atoms with Gasteiger partial charge in [-0.3, -0.25) is 29.3 Å². The molecule has 2 atom stereocenters. The van der Waals surface area contributed by atoms with E-state index < -0.39 is 33.4 Å². The zero-order chi connectivity index (χ0) is 20.5. The van der Waals surface area contributed by atoms with Gasteiger partial charge in [-0.2, -0.15) is 10.1 Å². The first-order valence-electron chi connectivity index (χ1n) is 8.27. The number of anilines is 2. The maximum Gasteiger partial charge on any atom is 0.276 e. The molecule has 0 saturated heterocycles. The van der Waals surface area contributed by atoms with Crippen molar-refractivity contribution in [3.63, 3.8) is 0 Å². The van der Waals surface area contributed by atoms with E-state index >= 15 is 0 Å². The fourth-order valence-electron chi connectivity index (χ4n) is 2.35. The maximum atomic E-state index is 13.1. The molecule has 148 valence electrons. The third-order valence-corrected chi connectivity index (χ3v) is 5.39. The van der Waals surface area contributed by atoms with Crippen LogP contribution in [0.3, 0.4) is 0 Å². The van der Waals surface area contributed by atoms with Gasteiger partial charge in [-0.1, -0.05) is 12.1 Å². The van der Waals surface area contributed by atoms with Crippen molar-refractivity contribution in [2.75, 3.05) is 10.6 Å². The lowest BCUT2D eigenvalue weighted by molar-refractivity contribution is -0.116. The number of aromatic nitrogens is 3. The molecule has 0 fully saturated rings. The van der Waals surface area contributed by atoms with E-state index in [9.17, 15) is 13.8 Å². The Hall–Kier alpha value is -2.86. The molecule has 1 aliphatic rings. The molecule has 3 rings (SSSR count). The summed E-state index contributed by atoms with van der Waals surface area (Å²) in [5.74, 6) is -1.26. The highest BCUT2D eigenvalue weighted by molar-refractivity contribution is 7.88. The quantitative estimate of drug-likeness (QED) is 0.286. The number of para-hydroxylation sites is 1. The molecule has 0 aliphatic carbocycles. The van der Waals surface area contributed by atoms with Crippen molar-refractivity contribution in [2.45, 2.75) is 36.5 Å². The molecule has 0 bridgehead atoms. The van der Waals surface area contributed by atoms with Crippen molar-refractivity contribution in [3.8, 4) is 0 Å². The highest BCUT2D eigenvalue weighted by atomic mass is 32.2. The molecule has 10 nitrogen and oxygen atoms in total. The summed E-state index contributed by atoms with van der Waals surface area (Å²) in [6.45, 7) is 5.51. The summed E-state index contributed by atoms with van der Waals surface area (Å²) in [5.41, 5.74) is 2.54. The number of nitrogens with one attached hydrogen (secondary N) is 5. The molecule has 28 heavy (non-hydrogen) atoms. The monoisotopic (exact) mass is 421 g/mol. The lowest BCUT2D eigenvalue weighted by Gasteiger charge is -2.25. The van der Waals surface area contributed by atoms with Crippen molar-refractivity contribution in [2.24, 2.45) is 5.10 Å². The first-order valence-corrected chi connectivity index (χ1v) is 9.89. The zero-order valence-corrected chi connectivity index (χ0v) is 17.0. The van der Waals surface area contributed by atoms with Crippen molar-refractivity contribution in [1.82, 2.24) is 20.6 Å². The number of amides is 2. The first kappa shape index (κ1) is 19.9. The topological polar surface area (TPSA) is 144 Å². The normalized spacial score (nSPS) is 19.5. The molecule has 1 aliphatic heterocycles. The molecule has 0 saturated carbocycles. The van der Waals surface area contributed by atoms with Crippen LogP contribution in [-0.2, 0) is 20.4 Å². The highest BCUT2D eigenvalue weighted by Gasteiger charge is 2.40. The van der Waals surface area contributed by atoms with Crippen LogP contribution < -0.4 is 16.1 Å². The van der Waals surface area contributed by atoms with Gasteiger partial charge < -0.3 is 10.7 Å². The molecule has 0 spiro atoms. The van der Waals surface area contributed by atoms with Gasteiger partial charge in [0.1, 0.15) is 0 Å². The maximum absolute atomic E-state index is 13.1. The van der Waals surface area contributed by atoms with Crippen LogP contribution in [0.1, 0.15) is 20.8 Å². The number of nitrogens with zero attached hydrogens (tertiary/aromatic N) is 2. The lowest BCUT2D eigenvalue weighted by Crippen LogP contribution is -2.48. The number of aromatic amines is 2. The van der Waals surface area contributed by atoms with Crippen LogP contribution >= 0.6 is 12.2 Å². The Morgan fingerprint density at radius 1 is 1.29 bits per heavy atom. The average Bonchev–Trinajstić information content (AvgIpc) is 3.01. The molecule has 0 unspecified atom stereocenters. The predicted molar refractivity (Wildman–Crippen MR) is 108 cm³/mol. The number of H-pyrrole nitrogens is 2. The number of carbonyl (C=O) groups excluding carboxylic acids is 2. The summed E-state index contributed by atoms with van der Waals surface area (Å²) in [7, 11) is -1.82. The second kappa shape index (κ2) is 7.64. The molecule has 1 aromatic heterocycles. The summed E-state index contributed by atoms with van der Waals surface area (Å²) in [5, 5.41) is 13.1. The van der Waals surface area contributed by atoms with Crippen molar-refractivity contribution >= 4 is 52.2 Å². The van der Waals surface area contributed by atoms with E-state index in [-0.39, 0.29) is 16.4 Å². The van der Waals surface area contributed by atoms with E-state index in [2.05, 4.69) is 36.3 Å². The van der Waals surface area contributed by atoms with Crippen LogP contribution in [-0.4, -0.2) is 47.7 Å². The average molecular weight is 422 g/mol. The van der Waals surface area contributed by atoms with Crippen LogP contribution in [0.5, 0.6) is 0 Å². The van der Waals surface area contributed by atoms with Gasteiger partial charge in [0.15, 0.2) is 11.0 Å². The van der Waals surface area contributed by atoms with Crippen molar-refractivity contribution in [3.05, 3.63) is 29.0 Å². The van der Waals surface area contributed by atoms with Gasteiger partial charge in [0.05, 0.1) is 21.4 Å². The Kier molecular flexibility index (Phi) is 5.42. The summed E-state index contributed by atoms with van der Waals surface area (Å²) in [6, 6.07) is 6.71. The van der Waals surface area contributed by atoms with E-state index in [1.165, 1.54) is 0 Å². The number of hydrogen-bond donors (Lipinski definition) is 5. The highest BCUT2D eigenvalue weighted by Crippen LogP contribution is 2.28. The Morgan fingerprint density at radius 2 is 2.00 bits per heavy atom. The SMILES string of the molecule is CC(C)(C)N/N=C(\C(=O)Nc1nc(=S)[nH][nH]1)[C@@H]1C(=O)Nc2ccccc2[S@@]1=O. The lowest BCUT2D eigenvalue weighted by atomic mass is 10.1. The summed E-state index contributed by atoms with van der Waals surface area (Å²) < 4.78 is 13.2. The van der Waals surface area contributed by atoms with E-state index in [0.29, 0.717) is 10.6 Å². The van der Waals surface area contributed by atoms with Crippen LogP contribution in [0, 0.1) is 4.77 Å². The smallest absolute Gasteiger partial charge is 0.276 e. The number of benzene rings is 1. The van der Waals surface area contributed by atoms with Gasteiger partial charge in [-0.25, -0.2) is 0 Å². The van der Waals surface area contributed by atoms with Gasteiger partial charge in [0, 0.05) is 5.54 Å². The van der Waals surface area contributed by atoms with Gasteiger partial charge in [0.2, 0.25) is 16.6 Å². The third kappa shape index (κ3) is 4.34. The molecule has 1 aromatic carbocycles. The standard InChI is InChI=1S/C16H19N7O3S2/c1-16(2,3)23-20-10(12(24)18-14-19-15(27)22-21-14)11-13(25)17-8-6-4-5-7-9(8)28(11)26/h4-7,11,23H,1-3H3,(H,17,25)(H3,18,19,21,22,24,27)/b20-10-/t11-,28+/m1/s1. The third-order valence-electron chi connectivity index (χ3n) is 3.54. The Labute approximate surface area is 168 Å². The molecule has 2 aromatic rings. The van der Waals surface area contributed by atoms with Gasteiger partial charge in [-0.15, -0.1) is 0 Å². The van der Waals surface area contributed by atoms with Gasteiger partial charge in [-0.05, 0) is 45.1 Å². The number of carbonyl (C=O) groups is 2. The van der Waals surface area contributed by atoms with E-state index in [1.54, 1.807) is 24.3 Å². The molecule has 2 amide bonds. The van der Waals surface area contributed by atoms with Gasteiger partial charge >= 0.3 is 0 Å². The number of rotatable bonds is 4. The van der Waals surface area contributed by atoms with Crippen LogP contribution in [0.25, 0.3) is 0 Å². The Morgan fingerprint density at radius 3 is 2.64 bits per heavy atom. The molecule has 2 heterocycles. The summed E-state index contributed by atoms with van der Waals surface area (Å²) >= 11 is 4.85. The predicted octanol–water partition coefficient (Wildman–Crippen LogP) is 1.28. The van der Waals surface area contributed by atoms with E-state index in [0.717, 1.165) is 0 Å². The van der Waals surface area contributed by atoms with Crippen LogP contribution in [0.2, 0.25) is 0 Å². The van der Waals surface area contributed by atoms with Crippen molar-refractivity contribution < 1.29 is 13.8 Å². The largest absolute Gasteiger partial charge is 0.324 e. The minimum Gasteiger partial charge on any atom is -0.324 e. The minimum atomic E-state index is -1.82. The Bertz CT molecular complexity index is 1040. The van der Waals surface area contributed by atoms with E-state index in [4.69, 9.17) is 12.2 Å². The summed E-state index contributed by atoms with van der Waals surface area (Å²) in [6.07, 6.45) is 0. The molecular weight excluding hydrogens is 402 g/mol. The van der Waals surface area contributed by atoms with Crippen molar-refractivity contribution in [1.29, 1.82) is 0 Å². The fraction of sp³-hybridized carbons (Fsp3) is 0.312. The second-order valence-corrected chi connectivity index (χ2v) is 8.88. The van der Waals surface area contributed by atoms with Crippen LogP contribution in [0.4, 0.5) is 11.6 Å². The fourth-order valence-corrected chi connectivity index (χ4v) is 3.91. The second-order valence-electron chi connectivity index (χ2n) is 6.99. The number of hydrazone groups is 1. The first-order chi connectivity index (χ1) is 13.2. The zero-order valence-electron chi connectivity index (χ0n) is 15.3. The minimum absolute atomic E-state index is 0.0564. The number of hydrogen-bond acceptors (Lipinski definition) is 7. The molecule has 5 N–H and O–H groups in total. The molecule has 12 heteroatoms. The molecule has 0 radical (unpaired) electrons. The number of fused-ring (bicyclic) bond motifs is 1. The van der Waals surface area contributed by atoms with E-state index in [1.807, 2.05) is 20.8 Å². The summed E-state index contributed by atoms with van der Waals surface area (Å²) in [4.78, 5) is 29.8. The molecular formula is C16H19N7O3S2. The van der Waals surface area contributed by atoms with Gasteiger partial charge in [0.25, 0.3) is 5.91 Å². The van der Waals surface area contributed by atoms with Crippen LogP contribution in [0.15, 0.2) is 34.3 Å².